The third-order valence-electron chi connectivity index (χ3n) is 2.98. The Balaban J connectivity index is 1.96. The van der Waals surface area contributed by atoms with E-state index in [4.69, 9.17) is 16.3 Å². The molecule has 2 aromatic rings. The zero-order valence-corrected chi connectivity index (χ0v) is 13.3. The minimum absolute atomic E-state index is 0.0454. The summed E-state index contributed by atoms with van der Waals surface area (Å²) in [6, 6.07) is 10.4. The minimum Gasteiger partial charge on any atom is -0.507 e. The molecule has 0 aliphatic heterocycles. The van der Waals surface area contributed by atoms with E-state index < -0.39 is 11.8 Å². The van der Waals surface area contributed by atoms with E-state index in [2.05, 4.69) is 17.4 Å². The second kappa shape index (κ2) is 8.03. The number of nitrogens with one attached hydrogen (secondary N) is 2. The number of rotatable bonds is 5. The first kappa shape index (κ1) is 17.4. The smallest absolute Gasteiger partial charge is 0.273 e. The Morgan fingerprint density at radius 2 is 1.79 bits per heavy atom. The van der Waals surface area contributed by atoms with Crippen molar-refractivity contribution in [2.45, 2.75) is 0 Å². The van der Waals surface area contributed by atoms with Crippen LogP contribution in [0.4, 0.5) is 0 Å². The molecule has 0 radical (unpaired) electrons. The second-order valence-electron chi connectivity index (χ2n) is 4.69. The van der Waals surface area contributed by atoms with Crippen LogP contribution >= 0.6 is 11.6 Å². The minimum atomic E-state index is -0.686. The monoisotopic (exact) mass is 346 g/mol. The summed E-state index contributed by atoms with van der Waals surface area (Å²) in [5, 5.41) is 9.93. The molecule has 2 amide bonds. The van der Waals surface area contributed by atoms with Crippen molar-refractivity contribution in [3.8, 4) is 11.5 Å². The van der Waals surface area contributed by atoms with Crippen LogP contribution in [-0.2, 0) is 0 Å². The lowest BCUT2D eigenvalue weighted by Gasteiger charge is -2.09. The van der Waals surface area contributed by atoms with E-state index in [0.29, 0.717) is 22.9 Å². The predicted molar refractivity (Wildman–Crippen MR) is 90.2 cm³/mol. The Hall–Kier alpha value is -2.99. The number of carbonyl (C=O) groups is 2. The molecular formula is C17H15ClN2O4. The quantitative estimate of drug-likeness (QED) is 0.573. The molecule has 0 aliphatic carbocycles. The van der Waals surface area contributed by atoms with Crippen LogP contribution in [0.5, 0.6) is 11.5 Å². The van der Waals surface area contributed by atoms with Crippen LogP contribution in [0.3, 0.4) is 0 Å². The summed E-state index contributed by atoms with van der Waals surface area (Å²) in [5.74, 6) is -0.844. The number of halogens is 1. The third-order valence-corrected chi connectivity index (χ3v) is 3.21. The average molecular weight is 347 g/mol. The van der Waals surface area contributed by atoms with E-state index >= 15 is 0 Å². The molecule has 3 N–H and O–H groups in total. The summed E-state index contributed by atoms with van der Waals surface area (Å²) >= 11 is 5.77. The molecule has 0 heterocycles. The van der Waals surface area contributed by atoms with Gasteiger partial charge in [-0.25, -0.2) is 0 Å². The highest BCUT2D eigenvalue weighted by atomic mass is 35.5. The van der Waals surface area contributed by atoms with Crippen molar-refractivity contribution < 1.29 is 19.4 Å². The van der Waals surface area contributed by atoms with Gasteiger partial charge in [0.05, 0.1) is 5.56 Å². The van der Waals surface area contributed by atoms with Gasteiger partial charge in [0.25, 0.3) is 11.8 Å². The first-order valence-electron chi connectivity index (χ1n) is 6.94. The maximum Gasteiger partial charge on any atom is 0.273 e. The predicted octanol–water partition coefficient (Wildman–Crippen LogP) is 2.69. The van der Waals surface area contributed by atoms with Crippen LogP contribution in [0.15, 0.2) is 55.1 Å². The van der Waals surface area contributed by atoms with Crippen molar-refractivity contribution in [3.05, 3.63) is 71.3 Å². The molecular weight excluding hydrogens is 332 g/mol. The Morgan fingerprint density at radius 3 is 2.46 bits per heavy atom. The molecule has 0 fully saturated rings. The van der Waals surface area contributed by atoms with Gasteiger partial charge in [0, 0.05) is 10.6 Å². The second-order valence-corrected chi connectivity index (χ2v) is 5.13. The van der Waals surface area contributed by atoms with E-state index in [1.165, 1.54) is 18.2 Å². The maximum atomic E-state index is 12.0. The Morgan fingerprint density at radius 1 is 1.12 bits per heavy atom. The molecule has 2 aromatic carbocycles. The van der Waals surface area contributed by atoms with Crippen molar-refractivity contribution in [2.75, 3.05) is 6.61 Å². The molecule has 0 saturated carbocycles. The van der Waals surface area contributed by atoms with Crippen LogP contribution in [-0.4, -0.2) is 23.5 Å². The lowest BCUT2D eigenvalue weighted by atomic mass is 10.2. The molecule has 0 aromatic heterocycles. The average Bonchev–Trinajstić information content (AvgIpc) is 2.60. The van der Waals surface area contributed by atoms with E-state index in [-0.39, 0.29) is 11.3 Å². The van der Waals surface area contributed by atoms with Gasteiger partial charge in [0.1, 0.15) is 18.1 Å². The zero-order valence-electron chi connectivity index (χ0n) is 12.6. The zero-order chi connectivity index (χ0) is 17.5. The molecule has 0 saturated heterocycles. The molecule has 0 atom stereocenters. The number of amides is 2. The van der Waals surface area contributed by atoms with Gasteiger partial charge >= 0.3 is 0 Å². The molecule has 24 heavy (non-hydrogen) atoms. The highest BCUT2D eigenvalue weighted by molar-refractivity contribution is 6.31. The number of phenols is 1. The molecule has 7 heteroatoms. The molecule has 124 valence electrons. The number of ether oxygens (including phenoxy) is 1. The largest absolute Gasteiger partial charge is 0.507 e. The molecule has 0 bridgehead atoms. The number of hydrogen-bond donors (Lipinski definition) is 3. The maximum absolute atomic E-state index is 12.0. The summed E-state index contributed by atoms with van der Waals surface area (Å²) in [6.07, 6.45) is 1.61. The van der Waals surface area contributed by atoms with Gasteiger partial charge in [-0.3, -0.25) is 20.4 Å². The van der Waals surface area contributed by atoms with Crippen molar-refractivity contribution >= 4 is 23.4 Å². The number of hydrogen-bond acceptors (Lipinski definition) is 4. The summed E-state index contributed by atoms with van der Waals surface area (Å²) in [6.45, 7) is 3.91. The highest BCUT2D eigenvalue weighted by Gasteiger charge is 2.13. The van der Waals surface area contributed by atoms with Crippen LogP contribution in [0.25, 0.3) is 0 Å². The standard InChI is InChI=1S/C17H15ClN2O4/c1-2-9-24-13-6-3-11(4-7-13)16(22)19-20-17(23)14-10-12(18)5-8-15(14)21/h2-8,10,21H,1,9H2,(H,19,22)(H,20,23). The Bertz CT molecular complexity index is 760. The fraction of sp³-hybridized carbons (Fsp3) is 0.0588. The van der Waals surface area contributed by atoms with Gasteiger partial charge in [-0.15, -0.1) is 0 Å². The number of benzene rings is 2. The Kier molecular flexibility index (Phi) is 5.81. The van der Waals surface area contributed by atoms with Crippen LogP contribution in [0, 0.1) is 0 Å². The van der Waals surface area contributed by atoms with Crippen molar-refractivity contribution in [1.82, 2.24) is 10.9 Å². The number of aromatic hydroxyl groups is 1. The molecule has 0 aliphatic rings. The van der Waals surface area contributed by atoms with Crippen LogP contribution in [0.1, 0.15) is 20.7 Å². The molecule has 0 spiro atoms. The summed E-state index contributed by atoms with van der Waals surface area (Å²) in [7, 11) is 0. The van der Waals surface area contributed by atoms with Gasteiger partial charge in [-0.1, -0.05) is 24.3 Å². The van der Waals surface area contributed by atoms with E-state index in [1.807, 2.05) is 0 Å². The van der Waals surface area contributed by atoms with Crippen LogP contribution in [0.2, 0.25) is 5.02 Å². The SMILES string of the molecule is C=CCOc1ccc(C(=O)NNC(=O)c2cc(Cl)ccc2O)cc1. The summed E-state index contributed by atoms with van der Waals surface area (Å²) < 4.78 is 5.31. The normalized spacial score (nSPS) is 9.88. The van der Waals surface area contributed by atoms with Gasteiger partial charge in [0.2, 0.25) is 0 Å². The van der Waals surface area contributed by atoms with Gasteiger partial charge in [0.15, 0.2) is 0 Å². The molecule has 0 unspecified atom stereocenters. The summed E-state index contributed by atoms with van der Waals surface area (Å²) in [4.78, 5) is 23.9. The van der Waals surface area contributed by atoms with Crippen molar-refractivity contribution in [3.63, 3.8) is 0 Å². The third kappa shape index (κ3) is 4.50. The number of phenolic OH excluding ortho intramolecular Hbond substituents is 1. The van der Waals surface area contributed by atoms with Gasteiger partial charge in [-0.2, -0.15) is 0 Å². The topological polar surface area (TPSA) is 87.7 Å². The summed E-state index contributed by atoms with van der Waals surface area (Å²) in [5.41, 5.74) is 4.75. The van der Waals surface area contributed by atoms with Crippen LogP contribution < -0.4 is 15.6 Å². The van der Waals surface area contributed by atoms with E-state index in [0.717, 1.165) is 0 Å². The first-order chi connectivity index (χ1) is 11.5. The lowest BCUT2D eigenvalue weighted by molar-refractivity contribution is 0.0845. The van der Waals surface area contributed by atoms with Crippen molar-refractivity contribution in [2.24, 2.45) is 0 Å². The molecule has 2 rings (SSSR count). The number of hydrazine groups is 1. The van der Waals surface area contributed by atoms with Gasteiger partial charge in [-0.05, 0) is 42.5 Å². The highest BCUT2D eigenvalue weighted by Crippen LogP contribution is 2.21. The van der Waals surface area contributed by atoms with Gasteiger partial charge < -0.3 is 9.84 Å². The fourth-order valence-electron chi connectivity index (χ4n) is 1.80. The van der Waals surface area contributed by atoms with Crippen molar-refractivity contribution in [1.29, 1.82) is 0 Å². The van der Waals surface area contributed by atoms with E-state index in [1.54, 1.807) is 30.3 Å². The Labute approximate surface area is 143 Å². The van der Waals surface area contributed by atoms with E-state index in [9.17, 15) is 14.7 Å². The first-order valence-corrected chi connectivity index (χ1v) is 7.32. The molecule has 6 nitrogen and oxygen atoms in total. The fourth-order valence-corrected chi connectivity index (χ4v) is 1.97. The number of carbonyl (C=O) groups excluding carboxylic acids is 2. The lowest BCUT2D eigenvalue weighted by Crippen LogP contribution is -2.41.